The normalized spacial score (nSPS) is 11.8. The van der Waals surface area contributed by atoms with Crippen molar-refractivity contribution < 1.29 is 30.2 Å². The third-order valence-corrected chi connectivity index (χ3v) is 9.77. The number of hydrogen-bond donors (Lipinski definition) is 0. The van der Waals surface area contributed by atoms with Gasteiger partial charge in [0, 0.05) is 22.7 Å². The second kappa shape index (κ2) is 13.6. The molecule has 6 nitrogen and oxygen atoms in total. The molecule has 0 unspecified atom stereocenters. The van der Waals surface area contributed by atoms with Crippen molar-refractivity contribution in [3.05, 3.63) is 176 Å². The molecule has 0 aliphatic rings. The van der Waals surface area contributed by atoms with Gasteiger partial charge in [0.1, 0.15) is 5.58 Å². The Bertz CT molecular complexity index is 2600. The van der Waals surface area contributed by atoms with E-state index in [0.717, 1.165) is 33.9 Å². The van der Waals surface area contributed by atoms with Gasteiger partial charge in [0.15, 0.2) is 11.3 Å². The third kappa shape index (κ3) is 6.34. The first kappa shape index (κ1) is 33.6. The number of para-hydroxylation sites is 3. The summed E-state index contributed by atoms with van der Waals surface area (Å²) in [4.78, 5) is 3.98. The maximum Gasteiger partial charge on any atom is 0.534 e. The Labute approximate surface area is 303 Å². The van der Waals surface area contributed by atoms with Crippen LogP contribution >= 0.6 is 0 Å². The zero-order valence-corrected chi connectivity index (χ0v) is 28.6. The molecule has 0 aliphatic heterocycles. The van der Waals surface area contributed by atoms with Crippen LogP contribution in [-0.4, -0.2) is 13.9 Å². The summed E-state index contributed by atoms with van der Waals surface area (Å²) in [6, 6.07) is 54.8. The molecule has 53 heavy (non-hydrogen) atoms. The van der Waals surface area contributed by atoms with Crippen LogP contribution in [0.25, 0.3) is 33.1 Å². The lowest BCUT2D eigenvalue weighted by atomic mass is 10.0. The van der Waals surface area contributed by atoms with Gasteiger partial charge >= 0.3 is 15.6 Å². The lowest BCUT2D eigenvalue weighted by molar-refractivity contribution is -0.0499. The molecule has 7 aromatic carbocycles. The average Bonchev–Trinajstić information content (AvgIpc) is 3.59. The molecule has 0 saturated carbocycles. The fourth-order valence-electron chi connectivity index (χ4n) is 6.48. The Morgan fingerprint density at radius 2 is 0.925 bits per heavy atom. The Balaban J connectivity index is 1.43. The van der Waals surface area contributed by atoms with E-state index in [4.69, 9.17) is 8.60 Å². The smallest absolute Gasteiger partial charge is 0.452 e. The molecule has 0 aliphatic carbocycles. The molecule has 0 saturated heterocycles. The van der Waals surface area contributed by atoms with E-state index in [1.807, 2.05) is 161 Å². The number of anilines is 6. The van der Waals surface area contributed by atoms with Crippen molar-refractivity contribution in [2.24, 2.45) is 0 Å². The lowest BCUT2D eigenvalue weighted by Crippen LogP contribution is -2.28. The van der Waals surface area contributed by atoms with Crippen molar-refractivity contribution in [3.63, 3.8) is 0 Å². The van der Waals surface area contributed by atoms with E-state index in [9.17, 15) is 21.6 Å². The van der Waals surface area contributed by atoms with Gasteiger partial charge in [-0.05, 0) is 83.9 Å². The van der Waals surface area contributed by atoms with Gasteiger partial charge in [0.2, 0.25) is 0 Å². The minimum atomic E-state index is -6.04. The van der Waals surface area contributed by atoms with Crippen LogP contribution in [0.2, 0.25) is 0 Å². The molecule has 262 valence electrons. The van der Waals surface area contributed by atoms with E-state index in [1.54, 1.807) is 18.2 Å². The summed E-state index contributed by atoms with van der Waals surface area (Å²) in [5.74, 6) is -0.595. The summed E-state index contributed by atoms with van der Waals surface area (Å²) < 4.78 is 77.0. The molecule has 0 fully saturated rings. The minimum absolute atomic E-state index is 0.165. The number of halogens is 3. The highest BCUT2D eigenvalue weighted by Gasteiger charge is 2.49. The zero-order chi connectivity index (χ0) is 36.6. The summed E-state index contributed by atoms with van der Waals surface area (Å²) in [5.41, 5.74) is 0.819. The monoisotopic (exact) mass is 726 g/mol. The summed E-state index contributed by atoms with van der Waals surface area (Å²) in [7, 11) is -6.04. The van der Waals surface area contributed by atoms with Gasteiger partial charge in [-0.2, -0.15) is 21.6 Å². The minimum Gasteiger partial charge on any atom is -0.452 e. The van der Waals surface area contributed by atoms with Crippen LogP contribution in [0, 0.1) is 0 Å². The molecule has 0 atom stereocenters. The van der Waals surface area contributed by atoms with Crippen molar-refractivity contribution >= 4 is 66.2 Å². The van der Waals surface area contributed by atoms with Crippen LogP contribution < -0.4 is 14.0 Å². The standard InChI is InChI=1S/C43H29F3N2O4S/c44-43(45,46)53(49,50)52-39-29-28-37(47(32-16-7-2-8-17-32)33-18-9-3-10-19-33)41-40-36(22-13-23-38(40)51-42(39)41)48(34-20-11-4-12-21-34)35-26-24-31(25-27-35)30-14-5-1-6-15-30/h1-29H. The summed E-state index contributed by atoms with van der Waals surface area (Å²) in [6.07, 6.45) is 0. The third-order valence-electron chi connectivity index (χ3n) is 8.81. The molecule has 8 aromatic rings. The number of benzene rings is 7. The highest BCUT2D eigenvalue weighted by molar-refractivity contribution is 7.88. The second-order valence-electron chi connectivity index (χ2n) is 12.1. The van der Waals surface area contributed by atoms with Crippen LogP contribution in [0.1, 0.15) is 0 Å². The number of fused-ring (bicyclic) bond motifs is 3. The van der Waals surface area contributed by atoms with Gasteiger partial charge in [0.25, 0.3) is 0 Å². The summed E-state index contributed by atoms with van der Waals surface area (Å²) in [6.45, 7) is 0. The SMILES string of the molecule is O=S(=O)(Oc1ccc(N(c2ccccc2)c2ccccc2)c2c1oc1cccc(N(c3ccccc3)c3ccc(-c4ccccc4)cc3)c12)C(F)(F)F. The van der Waals surface area contributed by atoms with Gasteiger partial charge in [-0.1, -0.05) is 103 Å². The number of rotatable bonds is 9. The Kier molecular flexibility index (Phi) is 8.60. The number of nitrogens with zero attached hydrogens (tertiary/aromatic N) is 2. The van der Waals surface area contributed by atoms with Crippen LogP contribution in [0.15, 0.2) is 180 Å². The quantitative estimate of drug-likeness (QED) is 0.109. The molecule has 0 spiro atoms. The van der Waals surface area contributed by atoms with Gasteiger partial charge < -0.3 is 18.4 Å². The Morgan fingerprint density at radius 1 is 0.472 bits per heavy atom. The van der Waals surface area contributed by atoms with Crippen LogP contribution in [0.5, 0.6) is 5.75 Å². The van der Waals surface area contributed by atoms with Crippen LogP contribution in [0.4, 0.5) is 47.3 Å². The molecule has 0 amide bonds. The molecular formula is C43H29F3N2O4S. The number of alkyl halides is 3. The average molecular weight is 727 g/mol. The van der Waals surface area contributed by atoms with Crippen LogP contribution in [-0.2, 0) is 10.1 Å². The highest BCUT2D eigenvalue weighted by Crippen LogP contribution is 2.50. The summed E-state index contributed by atoms with van der Waals surface area (Å²) >= 11 is 0. The van der Waals surface area contributed by atoms with Crippen molar-refractivity contribution in [1.29, 1.82) is 0 Å². The summed E-state index contributed by atoms with van der Waals surface area (Å²) in [5, 5.41) is 0.875. The second-order valence-corrected chi connectivity index (χ2v) is 13.7. The van der Waals surface area contributed by atoms with E-state index in [-0.39, 0.29) is 5.58 Å². The van der Waals surface area contributed by atoms with Gasteiger partial charge in [0.05, 0.1) is 22.1 Å². The van der Waals surface area contributed by atoms with Crippen molar-refractivity contribution in [2.45, 2.75) is 5.51 Å². The van der Waals surface area contributed by atoms with Gasteiger partial charge in [-0.15, -0.1) is 0 Å². The van der Waals surface area contributed by atoms with Crippen molar-refractivity contribution in [1.82, 2.24) is 0 Å². The predicted molar refractivity (Wildman–Crippen MR) is 204 cm³/mol. The number of furan rings is 1. The van der Waals surface area contributed by atoms with Gasteiger partial charge in [-0.25, -0.2) is 0 Å². The molecule has 1 heterocycles. The maximum absolute atomic E-state index is 13.7. The molecule has 1 aromatic heterocycles. The van der Waals surface area contributed by atoms with E-state index >= 15 is 0 Å². The van der Waals surface area contributed by atoms with E-state index in [1.165, 1.54) is 6.07 Å². The lowest BCUT2D eigenvalue weighted by Gasteiger charge is -2.28. The van der Waals surface area contributed by atoms with E-state index in [0.29, 0.717) is 27.7 Å². The van der Waals surface area contributed by atoms with E-state index < -0.39 is 21.4 Å². The topological polar surface area (TPSA) is 63.0 Å². The van der Waals surface area contributed by atoms with Crippen LogP contribution in [0.3, 0.4) is 0 Å². The van der Waals surface area contributed by atoms with Gasteiger partial charge in [-0.3, -0.25) is 0 Å². The first-order valence-corrected chi connectivity index (χ1v) is 18.0. The molecule has 0 N–H and O–H groups in total. The van der Waals surface area contributed by atoms with Crippen molar-refractivity contribution in [3.8, 4) is 16.9 Å². The molecular weight excluding hydrogens is 698 g/mol. The zero-order valence-electron chi connectivity index (χ0n) is 27.8. The Hall–Kier alpha value is -6.52. The first-order valence-electron chi connectivity index (χ1n) is 16.6. The molecule has 10 heteroatoms. The Morgan fingerprint density at radius 3 is 1.43 bits per heavy atom. The molecule has 8 rings (SSSR count). The highest BCUT2D eigenvalue weighted by atomic mass is 32.2. The first-order chi connectivity index (χ1) is 25.7. The van der Waals surface area contributed by atoms with Crippen molar-refractivity contribution in [2.75, 3.05) is 9.80 Å². The largest absolute Gasteiger partial charge is 0.534 e. The fraction of sp³-hybridized carbons (Fsp3) is 0.0233. The molecule has 0 radical (unpaired) electrons. The maximum atomic E-state index is 13.7. The number of hydrogen-bond acceptors (Lipinski definition) is 6. The fourth-order valence-corrected chi connectivity index (χ4v) is 6.95. The van der Waals surface area contributed by atoms with E-state index in [2.05, 4.69) is 0 Å². The molecule has 0 bridgehead atoms. The predicted octanol–water partition coefficient (Wildman–Crippen LogP) is 12.4.